The zero-order valence-electron chi connectivity index (χ0n) is 16.2. The van der Waals surface area contributed by atoms with Gasteiger partial charge in [-0.3, -0.25) is 9.59 Å². The molecule has 0 saturated carbocycles. The molecule has 1 saturated heterocycles. The fourth-order valence-corrected chi connectivity index (χ4v) is 3.66. The molecule has 1 heterocycles. The standard InChI is InChI=1S/C21H22Cl2N2O4/c1-28-18-10-16(23)17(11-19(18)29-2)24-20(26)14-4-3-9-25(12-14)21(27)13-5-7-15(22)8-6-13/h5-8,10-11,14H,3-4,9,12H2,1-2H3,(H,24,26). The number of rotatable bonds is 5. The highest BCUT2D eigenvalue weighted by Gasteiger charge is 2.29. The second-order valence-corrected chi connectivity index (χ2v) is 7.62. The van der Waals surface area contributed by atoms with Crippen LogP contribution in [0.4, 0.5) is 5.69 Å². The number of nitrogens with zero attached hydrogens (tertiary/aromatic N) is 1. The number of carbonyl (C=O) groups is 2. The van der Waals surface area contributed by atoms with Gasteiger partial charge in [0.25, 0.3) is 5.91 Å². The van der Waals surface area contributed by atoms with E-state index in [-0.39, 0.29) is 17.7 Å². The van der Waals surface area contributed by atoms with Gasteiger partial charge in [-0.2, -0.15) is 0 Å². The first-order valence-electron chi connectivity index (χ1n) is 9.20. The number of piperidine rings is 1. The molecule has 0 aliphatic carbocycles. The van der Waals surface area contributed by atoms with Crippen LogP contribution in [-0.4, -0.2) is 44.0 Å². The SMILES string of the molecule is COc1cc(Cl)c(NC(=O)C2CCCN(C(=O)c3ccc(Cl)cc3)C2)cc1OC. The van der Waals surface area contributed by atoms with Crippen molar-refractivity contribution in [2.45, 2.75) is 12.8 Å². The molecule has 29 heavy (non-hydrogen) atoms. The van der Waals surface area contributed by atoms with E-state index in [4.69, 9.17) is 32.7 Å². The Bertz CT molecular complexity index is 902. The Morgan fingerprint density at radius 3 is 2.38 bits per heavy atom. The smallest absolute Gasteiger partial charge is 0.253 e. The van der Waals surface area contributed by atoms with Crippen LogP contribution in [-0.2, 0) is 4.79 Å². The maximum absolute atomic E-state index is 12.8. The average molecular weight is 437 g/mol. The summed E-state index contributed by atoms with van der Waals surface area (Å²) in [5, 5.41) is 3.77. The van der Waals surface area contributed by atoms with E-state index >= 15 is 0 Å². The fraction of sp³-hybridized carbons (Fsp3) is 0.333. The Labute approximate surface area is 179 Å². The summed E-state index contributed by atoms with van der Waals surface area (Å²) in [6, 6.07) is 9.96. The van der Waals surface area contributed by atoms with Crippen LogP contribution in [0.3, 0.4) is 0 Å². The second-order valence-electron chi connectivity index (χ2n) is 6.77. The molecule has 3 rings (SSSR count). The molecule has 1 fully saturated rings. The molecule has 0 bridgehead atoms. The number of halogens is 2. The number of anilines is 1. The van der Waals surface area contributed by atoms with Gasteiger partial charge in [0.1, 0.15) is 0 Å². The number of carbonyl (C=O) groups excluding carboxylic acids is 2. The summed E-state index contributed by atoms with van der Waals surface area (Å²) >= 11 is 12.2. The van der Waals surface area contributed by atoms with Gasteiger partial charge < -0.3 is 19.7 Å². The third-order valence-electron chi connectivity index (χ3n) is 4.90. The highest BCUT2D eigenvalue weighted by Crippen LogP contribution is 2.36. The molecule has 154 valence electrons. The summed E-state index contributed by atoms with van der Waals surface area (Å²) < 4.78 is 10.5. The van der Waals surface area contributed by atoms with Gasteiger partial charge >= 0.3 is 0 Å². The molecule has 2 aromatic rings. The average Bonchev–Trinajstić information content (AvgIpc) is 2.74. The van der Waals surface area contributed by atoms with Crippen molar-refractivity contribution in [3.05, 3.63) is 52.0 Å². The van der Waals surface area contributed by atoms with Crippen LogP contribution in [0.2, 0.25) is 10.0 Å². The van der Waals surface area contributed by atoms with E-state index < -0.39 is 0 Å². The Morgan fingerprint density at radius 2 is 1.72 bits per heavy atom. The molecule has 1 aliphatic rings. The van der Waals surface area contributed by atoms with Gasteiger partial charge in [-0.1, -0.05) is 23.2 Å². The Morgan fingerprint density at radius 1 is 1.07 bits per heavy atom. The third-order valence-corrected chi connectivity index (χ3v) is 5.47. The summed E-state index contributed by atoms with van der Waals surface area (Å²) in [4.78, 5) is 27.3. The van der Waals surface area contributed by atoms with Crippen LogP contribution in [0.1, 0.15) is 23.2 Å². The van der Waals surface area contributed by atoms with E-state index in [0.717, 1.165) is 6.42 Å². The Hall–Kier alpha value is -2.44. The number of hydrogen-bond acceptors (Lipinski definition) is 4. The lowest BCUT2D eigenvalue weighted by atomic mass is 9.96. The first-order chi connectivity index (χ1) is 13.9. The van der Waals surface area contributed by atoms with Crippen LogP contribution in [0.15, 0.2) is 36.4 Å². The van der Waals surface area contributed by atoms with Gasteiger partial charge in [-0.05, 0) is 37.1 Å². The molecule has 1 unspecified atom stereocenters. The summed E-state index contributed by atoms with van der Waals surface area (Å²) in [5.41, 5.74) is 0.994. The quantitative estimate of drug-likeness (QED) is 0.748. The highest BCUT2D eigenvalue weighted by atomic mass is 35.5. The Balaban J connectivity index is 1.70. The minimum atomic E-state index is -0.329. The number of amides is 2. The largest absolute Gasteiger partial charge is 0.493 e. The minimum Gasteiger partial charge on any atom is -0.493 e. The first kappa shape index (κ1) is 21.3. The monoisotopic (exact) mass is 436 g/mol. The van der Waals surface area contributed by atoms with Crippen molar-refractivity contribution < 1.29 is 19.1 Å². The van der Waals surface area contributed by atoms with E-state index in [1.807, 2.05) is 0 Å². The number of methoxy groups -OCH3 is 2. The summed E-state index contributed by atoms with van der Waals surface area (Å²) in [5.74, 6) is 0.323. The summed E-state index contributed by atoms with van der Waals surface area (Å²) in [6.07, 6.45) is 1.44. The maximum atomic E-state index is 12.8. The van der Waals surface area contributed by atoms with Gasteiger partial charge in [-0.25, -0.2) is 0 Å². The lowest BCUT2D eigenvalue weighted by molar-refractivity contribution is -0.121. The summed E-state index contributed by atoms with van der Waals surface area (Å²) in [7, 11) is 3.03. The molecular formula is C21H22Cl2N2O4. The van der Waals surface area contributed by atoms with Crippen molar-refractivity contribution >= 4 is 40.7 Å². The van der Waals surface area contributed by atoms with Crippen LogP contribution < -0.4 is 14.8 Å². The van der Waals surface area contributed by atoms with Crippen molar-refractivity contribution in [1.82, 2.24) is 4.90 Å². The zero-order chi connectivity index (χ0) is 21.0. The molecule has 0 aromatic heterocycles. The zero-order valence-corrected chi connectivity index (χ0v) is 17.7. The van der Waals surface area contributed by atoms with Crippen molar-refractivity contribution in [2.75, 3.05) is 32.6 Å². The van der Waals surface area contributed by atoms with E-state index in [1.54, 1.807) is 41.3 Å². The third kappa shape index (κ3) is 4.95. The number of benzene rings is 2. The van der Waals surface area contributed by atoms with Crippen molar-refractivity contribution in [1.29, 1.82) is 0 Å². The van der Waals surface area contributed by atoms with E-state index in [1.165, 1.54) is 14.2 Å². The number of ether oxygens (including phenoxy) is 2. The Kier molecular flexibility index (Phi) is 6.87. The normalized spacial score (nSPS) is 16.3. The van der Waals surface area contributed by atoms with Crippen molar-refractivity contribution in [3.63, 3.8) is 0 Å². The molecular weight excluding hydrogens is 415 g/mol. The fourth-order valence-electron chi connectivity index (χ4n) is 3.34. The molecule has 2 amide bonds. The predicted octanol–water partition coefficient (Wildman–Crippen LogP) is 4.50. The summed E-state index contributed by atoms with van der Waals surface area (Å²) in [6.45, 7) is 0.959. The van der Waals surface area contributed by atoms with Crippen molar-refractivity contribution in [2.24, 2.45) is 5.92 Å². The van der Waals surface area contributed by atoms with E-state index in [0.29, 0.717) is 52.3 Å². The molecule has 6 nitrogen and oxygen atoms in total. The van der Waals surface area contributed by atoms with Gasteiger partial charge in [0.2, 0.25) is 5.91 Å². The second kappa shape index (κ2) is 9.37. The van der Waals surface area contributed by atoms with Crippen LogP contribution in [0.25, 0.3) is 0 Å². The minimum absolute atomic E-state index is 0.108. The molecule has 1 N–H and O–H groups in total. The molecule has 0 spiro atoms. The van der Waals surface area contributed by atoms with Gasteiger partial charge in [-0.15, -0.1) is 0 Å². The number of likely N-dealkylation sites (tertiary alicyclic amines) is 1. The lowest BCUT2D eigenvalue weighted by Crippen LogP contribution is -2.43. The van der Waals surface area contributed by atoms with Gasteiger partial charge in [0.15, 0.2) is 11.5 Å². The molecule has 2 aromatic carbocycles. The topological polar surface area (TPSA) is 67.9 Å². The van der Waals surface area contributed by atoms with Crippen molar-refractivity contribution in [3.8, 4) is 11.5 Å². The molecule has 8 heteroatoms. The van der Waals surface area contributed by atoms with Crippen LogP contribution >= 0.6 is 23.2 Å². The van der Waals surface area contributed by atoms with E-state index in [9.17, 15) is 9.59 Å². The first-order valence-corrected chi connectivity index (χ1v) is 9.95. The van der Waals surface area contributed by atoms with Gasteiger partial charge in [0, 0.05) is 35.8 Å². The molecule has 0 radical (unpaired) electrons. The lowest BCUT2D eigenvalue weighted by Gasteiger charge is -2.32. The maximum Gasteiger partial charge on any atom is 0.253 e. The van der Waals surface area contributed by atoms with Gasteiger partial charge in [0.05, 0.1) is 30.8 Å². The van der Waals surface area contributed by atoms with E-state index in [2.05, 4.69) is 5.32 Å². The highest BCUT2D eigenvalue weighted by molar-refractivity contribution is 6.34. The van der Waals surface area contributed by atoms with Crippen LogP contribution in [0, 0.1) is 5.92 Å². The molecule has 1 atom stereocenters. The number of nitrogens with one attached hydrogen (secondary N) is 1. The van der Waals surface area contributed by atoms with Crippen LogP contribution in [0.5, 0.6) is 11.5 Å². The predicted molar refractivity (Wildman–Crippen MR) is 113 cm³/mol. The number of hydrogen-bond donors (Lipinski definition) is 1. The molecule has 1 aliphatic heterocycles.